The van der Waals surface area contributed by atoms with Crippen molar-refractivity contribution < 1.29 is 0 Å². The maximum atomic E-state index is 4.25. The van der Waals surface area contributed by atoms with Crippen LogP contribution in [0.3, 0.4) is 0 Å². The van der Waals surface area contributed by atoms with E-state index in [4.69, 9.17) is 0 Å². The molecule has 2 N–H and O–H groups in total. The van der Waals surface area contributed by atoms with Gasteiger partial charge in [-0.25, -0.2) is 0 Å². The van der Waals surface area contributed by atoms with Gasteiger partial charge in [-0.05, 0) is 58.9 Å². The fourth-order valence-electron chi connectivity index (χ4n) is 3.54. The van der Waals surface area contributed by atoms with Gasteiger partial charge in [-0.2, -0.15) is 0 Å². The minimum atomic E-state index is 0.319. The first-order chi connectivity index (χ1) is 9.70. The van der Waals surface area contributed by atoms with Gasteiger partial charge in [0.2, 0.25) is 0 Å². The van der Waals surface area contributed by atoms with Crippen LogP contribution < -0.4 is 10.6 Å². The molecular formula is C15H31N5. The first kappa shape index (κ1) is 15.6. The van der Waals surface area contributed by atoms with Crippen molar-refractivity contribution >= 4 is 5.96 Å². The summed E-state index contributed by atoms with van der Waals surface area (Å²) in [5.41, 5.74) is 0.319. The molecule has 0 aromatic rings. The van der Waals surface area contributed by atoms with Crippen LogP contribution >= 0.6 is 0 Å². The van der Waals surface area contributed by atoms with E-state index in [0.717, 1.165) is 12.5 Å². The van der Waals surface area contributed by atoms with Crippen molar-refractivity contribution in [3.05, 3.63) is 0 Å². The third kappa shape index (κ3) is 3.64. The average Bonchev–Trinajstić information content (AvgIpc) is 2.51. The highest BCUT2D eigenvalue weighted by atomic mass is 15.3. The van der Waals surface area contributed by atoms with E-state index in [1.165, 1.54) is 58.3 Å². The third-order valence-electron chi connectivity index (χ3n) is 4.99. The van der Waals surface area contributed by atoms with Crippen LogP contribution in [0.5, 0.6) is 0 Å². The van der Waals surface area contributed by atoms with Gasteiger partial charge >= 0.3 is 0 Å². The van der Waals surface area contributed by atoms with Crippen molar-refractivity contribution in [1.82, 2.24) is 20.4 Å². The molecule has 116 valence electrons. The van der Waals surface area contributed by atoms with Crippen LogP contribution in [0, 0.1) is 0 Å². The standard InChI is InChI=1S/C15H31N5/c1-16-14(17-2)18-13-15(7-11-19(3)12-8-15)20-9-5-4-6-10-20/h4-13H2,1-3H3,(H2,16,17,18). The van der Waals surface area contributed by atoms with Crippen molar-refractivity contribution in [1.29, 1.82) is 0 Å². The molecule has 2 heterocycles. The van der Waals surface area contributed by atoms with E-state index in [2.05, 4.69) is 32.5 Å². The molecule has 0 spiro atoms. The van der Waals surface area contributed by atoms with Crippen LogP contribution in [0.1, 0.15) is 32.1 Å². The fourth-order valence-corrected chi connectivity index (χ4v) is 3.54. The number of hydrogen-bond donors (Lipinski definition) is 2. The molecule has 2 saturated heterocycles. The average molecular weight is 281 g/mol. The number of nitrogens with one attached hydrogen (secondary N) is 2. The van der Waals surface area contributed by atoms with Crippen LogP contribution in [-0.2, 0) is 0 Å². The molecule has 2 rings (SSSR count). The first-order valence-electron chi connectivity index (χ1n) is 8.02. The van der Waals surface area contributed by atoms with Crippen LogP contribution in [0.25, 0.3) is 0 Å². The quantitative estimate of drug-likeness (QED) is 0.591. The number of hydrogen-bond acceptors (Lipinski definition) is 3. The number of likely N-dealkylation sites (tertiary alicyclic amines) is 2. The molecule has 5 heteroatoms. The molecule has 0 aliphatic carbocycles. The Balaban J connectivity index is 2.03. The molecule has 0 radical (unpaired) electrons. The van der Waals surface area contributed by atoms with Gasteiger partial charge in [0, 0.05) is 26.2 Å². The molecule has 2 fully saturated rings. The zero-order valence-electron chi connectivity index (χ0n) is 13.4. The van der Waals surface area contributed by atoms with Crippen molar-refractivity contribution in [2.24, 2.45) is 4.99 Å². The second-order valence-corrected chi connectivity index (χ2v) is 6.25. The van der Waals surface area contributed by atoms with Crippen LogP contribution in [0.2, 0.25) is 0 Å². The topological polar surface area (TPSA) is 42.9 Å². The number of aliphatic imine (C=N–C) groups is 1. The van der Waals surface area contributed by atoms with Gasteiger partial charge < -0.3 is 15.5 Å². The molecule has 0 aromatic carbocycles. The summed E-state index contributed by atoms with van der Waals surface area (Å²) < 4.78 is 0. The van der Waals surface area contributed by atoms with Gasteiger partial charge in [-0.3, -0.25) is 9.89 Å². The predicted octanol–water partition coefficient (Wildman–Crippen LogP) is 0.732. The lowest BCUT2D eigenvalue weighted by molar-refractivity contribution is 0.0173. The van der Waals surface area contributed by atoms with Crippen LogP contribution in [0.4, 0.5) is 0 Å². The summed E-state index contributed by atoms with van der Waals surface area (Å²) >= 11 is 0. The van der Waals surface area contributed by atoms with Crippen molar-refractivity contribution in [2.75, 3.05) is 53.9 Å². The van der Waals surface area contributed by atoms with Crippen LogP contribution in [0.15, 0.2) is 4.99 Å². The highest BCUT2D eigenvalue weighted by Gasteiger charge is 2.39. The highest BCUT2D eigenvalue weighted by Crippen LogP contribution is 2.30. The van der Waals surface area contributed by atoms with E-state index in [9.17, 15) is 0 Å². The zero-order chi connectivity index (χ0) is 14.4. The van der Waals surface area contributed by atoms with E-state index < -0.39 is 0 Å². The minimum Gasteiger partial charge on any atom is -0.359 e. The van der Waals surface area contributed by atoms with Gasteiger partial charge in [0.25, 0.3) is 0 Å². The minimum absolute atomic E-state index is 0.319. The molecule has 2 aliphatic heterocycles. The number of nitrogens with zero attached hydrogens (tertiary/aromatic N) is 3. The number of rotatable bonds is 3. The van der Waals surface area contributed by atoms with Crippen molar-refractivity contribution in [3.63, 3.8) is 0 Å². The zero-order valence-corrected chi connectivity index (χ0v) is 13.4. The van der Waals surface area contributed by atoms with Gasteiger partial charge in [0.15, 0.2) is 5.96 Å². The van der Waals surface area contributed by atoms with E-state index in [-0.39, 0.29) is 0 Å². The maximum absolute atomic E-state index is 4.25. The van der Waals surface area contributed by atoms with E-state index in [0.29, 0.717) is 5.54 Å². The monoisotopic (exact) mass is 281 g/mol. The molecule has 0 aromatic heterocycles. The lowest BCUT2D eigenvalue weighted by Gasteiger charge is -2.50. The molecular weight excluding hydrogens is 250 g/mol. The predicted molar refractivity (Wildman–Crippen MR) is 85.3 cm³/mol. The maximum Gasteiger partial charge on any atom is 0.190 e. The van der Waals surface area contributed by atoms with Gasteiger partial charge in [0.1, 0.15) is 0 Å². The fraction of sp³-hybridized carbons (Fsp3) is 0.933. The number of piperidine rings is 2. The summed E-state index contributed by atoms with van der Waals surface area (Å²) in [6.07, 6.45) is 6.64. The molecule has 20 heavy (non-hydrogen) atoms. The van der Waals surface area contributed by atoms with E-state index >= 15 is 0 Å². The largest absolute Gasteiger partial charge is 0.359 e. The Kier molecular flexibility index (Phi) is 5.66. The lowest BCUT2D eigenvalue weighted by atomic mass is 9.84. The summed E-state index contributed by atoms with van der Waals surface area (Å²) in [4.78, 5) is 9.45. The second-order valence-electron chi connectivity index (χ2n) is 6.25. The van der Waals surface area contributed by atoms with E-state index in [1.807, 2.05) is 14.1 Å². The van der Waals surface area contributed by atoms with Crippen molar-refractivity contribution in [2.45, 2.75) is 37.6 Å². The Hall–Kier alpha value is -0.810. The van der Waals surface area contributed by atoms with Crippen LogP contribution in [-0.4, -0.2) is 75.2 Å². The Bertz CT molecular complexity index is 314. The molecule has 0 unspecified atom stereocenters. The highest BCUT2D eigenvalue weighted by molar-refractivity contribution is 5.79. The van der Waals surface area contributed by atoms with Gasteiger partial charge in [-0.1, -0.05) is 6.42 Å². The summed E-state index contributed by atoms with van der Waals surface area (Å²) in [7, 11) is 6.00. The third-order valence-corrected chi connectivity index (χ3v) is 4.99. The molecule has 5 nitrogen and oxygen atoms in total. The Morgan fingerprint density at radius 2 is 1.75 bits per heavy atom. The molecule has 0 saturated carbocycles. The van der Waals surface area contributed by atoms with E-state index in [1.54, 1.807) is 0 Å². The normalized spacial score (nSPS) is 25.4. The smallest absolute Gasteiger partial charge is 0.190 e. The Morgan fingerprint density at radius 3 is 2.30 bits per heavy atom. The second kappa shape index (κ2) is 7.27. The Morgan fingerprint density at radius 1 is 1.10 bits per heavy atom. The molecule has 0 atom stereocenters. The molecule has 0 amide bonds. The lowest BCUT2D eigenvalue weighted by Crippen LogP contribution is -2.62. The summed E-state index contributed by atoms with van der Waals surface area (Å²) in [5.74, 6) is 0.903. The summed E-state index contributed by atoms with van der Waals surface area (Å²) in [6, 6.07) is 0. The summed E-state index contributed by atoms with van der Waals surface area (Å²) in [5, 5.41) is 6.65. The first-order valence-corrected chi connectivity index (χ1v) is 8.02. The number of guanidine groups is 1. The molecule has 0 bridgehead atoms. The SMILES string of the molecule is CN=C(NC)NCC1(N2CCCCC2)CCN(C)CC1. The summed E-state index contributed by atoms with van der Waals surface area (Å²) in [6.45, 7) is 5.95. The van der Waals surface area contributed by atoms with Gasteiger partial charge in [-0.15, -0.1) is 0 Å². The molecule has 2 aliphatic rings. The van der Waals surface area contributed by atoms with Gasteiger partial charge in [0.05, 0.1) is 0 Å². The Labute approximate surface area is 123 Å². The van der Waals surface area contributed by atoms with Crippen molar-refractivity contribution in [3.8, 4) is 0 Å².